The topological polar surface area (TPSA) is 46.5 Å². The third-order valence-corrected chi connectivity index (χ3v) is 3.06. The number of aliphatic carboxylic acids is 1. The normalized spacial score (nSPS) is 11.1. The second kappa shape index (κ2) is 7.16. The van der Waals surface area contributed by atoms with Crippen molar-refractivity contribution in [2.75, 3.05) is 7.11 Å². The maximum absolute atomic E-state index is 11.0. The van der Waals surface area contributed by atoms with Crippen molar-refractivity contribution < 1.29 is 14.6 Å². The molecule has 1 unspecified atom stereocenters. The molecule has 2 rings (SSSR count). The van der Waals surface area contributed by atoms with E-state index in [1.165, 1.54) is 0 Å². The lowest BCUT2D eigenvalue weighted by atomic mass is 9.96. The van der Waals surface area contributed by atoms with Crippen LogP contribution in [0.3, 0.4) is 0 Å². The molecule has 0 aliphatic carbocycles. The van der Waals surface area contributed by atoms with E-state index >= 15 is 0 Å². The number of carboxylic acid groups (broad SMARTS) is 1. The van der Waals surface area contributed by atoms with Gasteiger partial charge in [0.2, 0.25) is 0 Å². The number of rotatable bonds is 4. The van der Waals surface area contributed by atoms with Gasteiger partial charge >= 0.3 is 5.97 Å². The van der Waals surface area contributed by atoms with E-state index in [0.717, 1.165) is 16.9 Å². The number of carbonyl (C=O) groups is 1. The summed E-state index contributed by atoms with van der Waals surface area (Å²) in [5.74, 6) is 5.62. The van der Waals surface area contributed by atoms with Crippen LogP contribution in [0.25, 0.3) is 0 Å². The van der Waals surface area contributed by atoms with Gasteiger partial charge in [-0.25, -0.2) is 0 Å². The van der Waals surface area contributed by atoms with E-state index in [2.05, 4.69) is 11.8 Å². The molecule has 0 fully saturated rings. The monoisotopic (exact) mass is 280 g/mol. The summed E-state index contributed by atoms with van der Waals surface area (Å²) >= 11 is 0. The minimum atomic E-state index is -0.863. The summed E-state index contributed by atoms with van der Waals surface area (Å²) < 4.78 is 5.11. The Morgan fingerprint density at radius 3 is 2.38 bits per heavy atom. The molecule has 106 valence electrons. The van der Waals surface area contributed by atoms with Gasteiger partial charge in [-0.1, -0.05) is 42.2 Å². The van der Waals surface area contributed by atoms with E-state index in [1.54, 1.807) is 7.11 Å². The maximum Gasteiger partial charge on any atom is 0.304 e. The molecule has 0 amide bonds. The third kappa shape index (κ3) is 4.39. The summed E-state index contributed by atoms with van der Waals surface area (Å²) in [7, 11) is 1.60. The van der Waals surface area contributed by atoms with E-state index in [0.29, 0.717) is 0 Å². The van der Waals surface area contributed by atoms with Gasteiger partial charge in [0, 0.05) is 5.56 Å². The standard InChI is InChI=1S/C18H16O3/c1-21-17-11-9-15(10-12-17)16(13-18(19)20)8-7-14-5-3-2-4-6-14/h2-6,9-12,16H,13H2,1H3,(H,19,20). The van der Waals surface area contributed by atoms with Crippen LogP contribution in [-0.4, -0.2) is 18.2 Å². The molecule has 0 aliphatic heterocycles. The van der Waals surface area contributed by atoms with Crippen LogP contribution in [0.5, 0.6) is 5.75 Å². The van der Waals surface area contributed by atoms with E-state index in [1.807, 2.05) is 54.6 Å². The average Bonchev–Trinajstić information content (AvgIpc) is 2.52. The van der Waals surface area contributed by atoms with Crippen LogP contribution in [0.1, 0.15) is 23.5 Å². The van der Waals surface area contributed by atoms with Crippen LogP contribution in [0.15, 0.2) is 54.6 Å². The summed E-state index contributed by atoms with van der Waals surface area (Å²) in [6.45, 7) is 0. The molecule has 0 bridgehead atoms. The van der Waals surface area contributed by atoms with Gasteiger partial charge in [0.1, 0.15) is 5.75 Å². The van der Waals surface area contributed by atoms with Crippen molar-refractivity contribution >= 4 is 5.97 Å². The van der Waals surface area contributed by atoms with Crippen LogP contribution < -0.4 is 4.74 Å². The fourth-order valence-corrected chi connectivity index (χ4v) is 1.95. The molecule has 3 heteroatoms. The first-order chi connectivity index (χ1) is 10.2. The molecule has 0 heterocycles. The lowest BCUT2D eigenvalue weighted by Gasteiger charge is -2.09. The summed E-state index contributed by atoms with van der Waals surface area (Å²) in [4.78, 5) is 11.0. The van der Waals surface area contributed by atoms with Gasteiger partial charge < -0.3 is 9.84 Å². The lowest BCUT2D eigenvalue weighted by molar-refractivity contribution is -0.137. The van der Waals surface area contributed by atoms with Crippen molar-refractivity contribution in [3.8, 4) is 17.6 Å². The minimum Gasteiger partial charge on any atom is -0.497 e. The number of carboxylic acids is 1. The molecule has 0 radical (unpaired) electrons. The van der Waals surface area contributed by atoms with Crippen molar-refractivity contribution in [2.45, 2.75) is 12.3 Å². The summed E-state index contributed by atoms with van der Waals surface area (Å²) in [6.07, 6.45) is -0.0217. The number of hydrogen-bond donors (Lipinski definition) is 1. The highest BCUT2D eigenvalue weighted by Crippen LogP contribution is 2.22. The summed E-state index contributed by atoms with van der Waals surface area (Å²) in [5.41, 5.74) is 1.75. The quantitative estimate of drug-likeness (QED) is 0.874. The van der Waals surface area contributed by atoms with Gasteiger partial charge in [-0.05, 0) is 29.8 Å². The van der Waals surface area contributed by atoms with Crippen LogP contribution in [0.4, 0.5) is 0 Å². The largest absolute Gasteiger partial charge is 0.497 e. The molecule has 1 atom stereocenters. The first-order valence-electron chi connectivity index (χ1n) is 6.61. The molecule has 0 spiro atoms. The fraction of sp³-hybridized carbons (Fsp3) is 0.167. The number of methoxy groups -OCH3 is 1. The Kier molecular flexibility index (Phi) is 5.00. The number of benzene rings is 2. The molecule has 3 nitrogen and oxygen atoms in total. The molecule has 0 saturated carbocycles. The highest BCUT2D eigenvalue weighted by molar-refractivity contribution is 5.69. The van der Waals surface area contributed by atoms with Crippen LogP contribution in [-0.2, 0) is 4.79 Å². The average molecular weight is 280 g/mol. The first-order valence-corrected chi connectivity index (χ1v) is 6.61. The van der Waals surface area contributed by atoms with Crippen LogP contribution >= 0.6 is 0 Å². The van der Waals surface area contributed by atoms with Crippen molar-refractivity contribution in [3.05, 3.63) is 65.7 Å². The lowest BCUT2D eigenvalue weighted by Crippen LogP contribution is -2.04. The zero-order valence-corrected chi connectivity index (χ0v) is 11.7. The SMILES string of the molecule is COc1ccc(C(C#Cc2ccccc2)CC(=O)O)cc1. The van der Waals surface area contributed by atoms with E-state index in [4.69, 9.17) is 9.84 Å². The highest BCUT2D eigenvalue weighted by Gasteiger charge is 2.13. The van der Waals surface area contributed by atoms with Gasteiger partial charge in [0.15, 0.2) is 0 Å². The van der Waals surface area contributed by atoms with Crippen molar-refractivity contribution in [1.29, 1.82) is 0 Å². The van der Waals surface area contributed by atoms with Gasteiger partial charge in [0.05, 0.1) is 19.4 Å². The Morgan fingerprint density at radius 2 is 1.81 bits per heavy atom. The van der Waals surface area contributed by atoms with Crippen molar-refractivity contribution in [2.24, 2.45) is 0 Å². The van der Waals surface area contributed by atoms with E-state index < -0.39 is 5.97 Å². The molecular weight excluding hydrogens is 264 g/mol. The van der Waals surface area contributed by atoms with Gasteiger partial charge in [-0.2, -0.15) is 0 Å². The van der Waals surface area contributed by atoms with Gasteiger partial charge in [-0.15, -0.1) is 0 Å². The fourth-order valence-electron chi connectivity index (χ4n) is 1.95. The predicted molar refractivity (Wildman–Crippen MR) is 81.3 cm³/mol. The third-order valence-electron chi connectivity index (χ3n) is 3.06. The predicted octanol–water partition coefficient (Wildman–Crippen LogP) is 3.31. The molecule has 2 aromatic rings. The summed E-state index contributed by atoms with van der Waals surface area (Å²) in [6, 6.07) is 16.9. The highest BCUT2D eigenvalue weighted by atomic mass is 16.5. The molecule has 0 saturated heterocycles. The molecule has 0 aromatic heterocycles. The molecule has 0 aliphatic rings. The van der Waals surface area contributed by atoms with Gasteiger partial charge in [0.25, 0.3) is 0 Å². The molecular formula is C18H16O3. The van der Waals surface area contributed by atoms with E-state index in [9.17, 15) is 4.79 Å². The number of ether oxygens (including phenoxy) is 1. The molecule has 1 N–H and O–H groups in total. The number of hydrogen-bond acceptors (Lipinski definition) is 2. The minimum absolute atomic E-state index is 0.0217. The Bertz CT molecular complexity index is 648. The van der Waals surface area contributed by atoms with Crippen LogP contribution in [0.2, 0.25) is 0 Å². The Labute approximate surface area is 124 Å². The van der Waals surface area contributed by atoms with Crippen molar-refractivity contribution in [1.82, 2.24) is 0 Å². The molecule has 2 aromatic carbocycles. The zero-order chi connectivity index (χ0) is 15.1. The first kappa shape index (κ1) is 14.7. The second-order valence-corrected chi connectivity index (χ2v) is 4.56. The van der Waals surface area contributed by atoms with Crippen LogP contribution in [0, 0.1) is 11.8 Å². The maximum atomic E-state index is 11.0. The zero-order valence-electron chi connectivity index (χ0n) is 11.7. The molecule has 21 heavy (non-hydrogen) atoms. The second-order valence-electron chi connectivity index (χ2n) is 4.56. The van der Waals surface area contributed by atoms with Gasteiger partial charge in [-0.3, -0.25) is 4.79 Å². The Morgan fingerprint density at radius 1 is 1.14 bits per heavy atom. The Hall–Kier alpha value is -2.73. The van der Waals surface area contributed by atoms with Crippen molar-refractivity contribution in [3.63, 3.8) is 0 Å². The van der Waals surface area contributed by atoms with E-state index in [-0.39, 0.29) is 12.3 Å². The summed E-state index contributed by atoms with van der Waals surface area (Å²) in [5, 5.41) is 9.05. The Balaban J connectivity index is 2.25. The smallest absolute Gasteiger partial charge is 0.304 e.